The van der Waals surface area contributed by atoms with Gasteiger partial charge in [0.25, 0.3) is 0 Å². The summed E-state index contributed by atoms with van der Waals surface area (Å²) in [7, 11) is 0. The second-order valence-corrected chi connectivity index (χ2v) is 4.79. The van der Waals surface area contributed by atoms with E-state index in [4.69, 9.17) is 10.3 Å². The van der Waals surface area contributed by atoms with Crippen LogP contribution in [0.3, 0.4) is 0 Å². The zero-order valence-electron chi connectivity index (χ0n) is 10.5. The summed E-state index contributed by atoms with van der Waals surface area (Å²) in [6.07, 6.45) is 5.50. The molecule has 0 amide bonds. The van der Waals surface area contributed by atoms with Crippen LogP contribution in [0.2, 0.25) is 0 Å². The van der Waals surface area contributed by atoms with E-state index in [9.17, 15) is 0 Å². The standard InChI is InChI=1S/C12H12N6OS/c13-11-10(8-1-4-14-5-2-8)12(20-18-11)15-6-3-9-16-7-17-19-9/h1-2,4-5,7,15H,3,6H2,(H2,13,18). The minimum Gasteiger partial charge on any atom is -0.382 e. The molecule has 20 heavy (non-hydrogen) atoms. The van der Waals surface area contributed by atoms with Crippen LogP contribution in [-0.2, 0) is 6.42 Å². The summed E-state index contributed by atoms with van der Waals surface area (Å²) in [5, 5.41) is 7.79. The molecule has 0 saturated carbocycles. The molecular formula is C12H12N6OS. The van der Waals surface area contributed by atoms with E-state index >= 15 is 0 Å². The molecule has 0 atom stereocenters. The van der Waals surface area contributed by atoms with Crippen molar-refractivity contribution in [2.75, 3.05) is 17.6 Å². The largest absolute Gasteiger partial charge is 0.382 e. The normalized spacial score (nSPS) is 10.6. The average molecular weight is 288 g/mol. The highest BCUT2D eigenvalue weighted by Crippen LogP contribution is 2.36. The summed E-state index contributed by atoms with van der Waals surface area (Å²) in [5.74, 6) is 1.11. The minimum atomic E-state index is 0.515. The second-order valence-electron chi connectivity index (χ2n) is 4.02. The number of nitrogens with one attached hydrogen (secondary N) is 1. The quantitative estimate of drug-likeness (QED) is 0.738. The highest BCUT2D eigenvalue weighted by Gasteiger charge is 2.13. The fourth-order valence-corrected chi connectivity index (χ4v) is 2.57. The maximum Gasteiger partial charge on any atom is 0.228 e. The van der Waals surface area contributed by atoms with Crippen LogP contribution in [0, 0.1) is 0 Å². The number of nitrogen functional groups attached to an aromatic ring is 1. The predicted octanol–water partition coefficient (Wildman–Crippen LogP) is 1.82. The van der Waals surface area contributed by atoms with Crippen LogP contribution in [0.15, 0.2) is 35.4 Å². The van der Waals surface area contributed by atoms with E-state index in [-0.39, 0.29) is 0 Å². The Morgan fingerprint density at radius 3 is 2.90 bits per heavy atom. The number of nitrogens with zero attached hydrogens (tertiary/aromatic N) is 4. The Morgan fingerprint density at radius 2 is 2.15 bits per heavy atom. The summed E-state index contributed by atoms with van der Waals surface area (Å²) in [5.41, 5.74) is 7.84. The van der Waals surface area contributed by atoms with Crippen LogP contribution < -0.4 is 11.1 Å². The fourth-order valence-electron chi connectivity index (χ4n) is 1.81. The van der Waals surface area contributed by atoms with Crippen molar-refractivity contribution in [1.82, 2.24) is 19.5 Å². The first-order valence-electron chi connectivity index (χ1n) is 5.99. The van der Waals surface area contributed by atoms with Gasteiger partial charge in [-0.1, -0.05) is 5.16 Å². The lowest BCUT2D eigenvalue weighted by molar-refractivity contribution is 0.380. The summed E-state index contributed by atoms with van der Waals surface area (Å²) < 4.78 is 9.14. The molecule has 0 spiro atoms. The van der Waals surface area contributed by atoms with Crippen molar-refractivity contribution in [3.05, 3.63) is 36.7 Å². The summed E-state index contributed by atoms with van der Waals surface area (Å²) in [6.45, 7) is 0.669. The number of hydrogen-bond acceptors (Lipinski definition) is 8. The Bertz CT molecular complexity index is 667. The molecule has 3 heterocycles. The Hall–Kier alpha value is -2.48. The van der Waals surface area contributed by atoms with Crippen LogP contribution in [-0.4, -0.2) is 26.0 Å². The number of hydrogen-bond donors (Lipinski definition) is 2. The van der Waals surface area contributed by atoms with Crippen molar-refractivity contribution >= 4 is 22.4 Å². The third kappa shape index (κ3) is 2.59. The van der Waals surface area contributed by atoms with E-state index in [1.807, 2.05) is 12.1 Å². The highest BCUT2D eigenvalue weighted by atomic mass is 32.1. The van der Waals surface area contributed by atoms with Gasteiger partial charge in [0, 0.05) is 25.4 Å². The van der Waals surface area contributed by atoms with Gasteiger partial charge in [0.2, 0.25) is 5.89 Å². The first-order chi connectivity index (χ1) is 9.84. The predicted molar refractivity (Wildman–Crippen MR) is 76.2 cm³/mol. The van der Waals surface area contributed by atoms with Gasteiger partial charge in [-0.2, -0.15) is 9.36 Å². The molecule has 7 nitrogen and oxygen atoms in total. The van der Waals surface area contributed by atoms with Gasteiger partial charge in [-0.25, -0.2) is 0 Å². The molecule has 3 rings (SSSR count). The fraction of sp³-hybridized carbons (Fsp3) is 0.167. The van der Waals surface area contributed by atoms with Crippen molar-refractivity contribution in [2.45, 2.75) is 6.42 Å². The third-order valence-electron chi connectivity index (χ3n) is 2.72. The Balaban J connectivity index is 1.74. The molecule has 3 aromatic rings. The van der Waals surface area contributed by atoms with E-state index < -0.39 is 0 Å². The van der Waals surface area contributed by atoms with Crippen molar-refractivity contribution in [3.8, 4) is 11.1 Å². The summed E-state index contributed by atoms with van der Waals surface area (Å²) in [4.78, 5) is 7.97. The molecule has 0 aromatic carbocycles. The summed E-state index contributed by atoms with van der Waals surface area (Å²) in [6, 6.07) is 3.81. The third-order valence-corrected chi connectivity index (χ3v) is 3.54. The van der Waals surface area contributed by atoms with Gasteiger partial charge in [0.1, 0.15) is 10.8 Å². The topological polar surface area (TPSA) is 103 Å². The average Bonchev–Trinajstić information content (AvgIpc) is 3.10. The molecule has 0 radical (unpaired) electrons. The van der Waals surface area contributed by atoms with Crippen LogP contribution in [0.1, 0.15) is 5.89 Å². The Kier molecular flexibility index (Phi) is 3.55. The lowest BCUT2D eigenvalue weighted by atomic mass is 10.1. The number of anilines is 2. The van der Waals surface area contributed by atoms with Gasteiger partial charge in [0.15, 0.2) is 6.33 Å². The molecule has 0 aliphatic heterocycles. The minimum absolute atomic E-state index is 0.515. The molecule has 8 heteroatoms. The monoisotopic (exact) mass is 288 g/mol. The lowest BCUT2D eigenvalue weighted by Gasteiger charge is -2.05. The number of rotatable bonds is 5. The van der Waals surface area contributed by atoms with Crippen molar-refractivity contribution in [2.24, 2.45) is 0 Å². The van der Waals surface area contributed by atoms with Crippen molar-refractivity contribution < 1.29 is 4.52 Å². The van der Waals surface area contributed by atoms with Crippen LogP contribution in [0.4, 0.5) is 10.8 Å². The van der Waals surface area contributed by atoms with Crippen LogP contribution >= 0.6 is 11.5 Å². The zero-order valence-corrected chi connectivity index (χ0v) is 11.3. The SMILES string of the molecule is Nc1nsc(NCCc2ncno2)c1-c1ccncc1. The van der Waals surface area contributed by atoms with Crippen LogP contribution in [0.5, 0.6) is 0 Å². The van der Waals surface area contributed by atoms with Gasteiger partial charge in [-0.3, -0.25) is 4.98 Å². The number of nitrogens with two attached hydrogens (primary N) is 1. The van der Waals surface area contributed by atoms with E-state index in [0.717, 1.165) is 16.1 Å². The molecule has 0 saturated heterocycles. The van der Waals surface area contributed by atoms with E-state index in [2.05, 4.69) is 24.8 Å². The molecule has 0 unspecified atom stereocenters. The van der Waals surface area contributed by atoms with Crippen molar-refractivity contribution in [1.29, 1.82) is 0 Å². The smallest absolute Gasteiger partial charge is 0.228 e. The van der Waals surface area contributed by atoms with Crippen LogP contribution in [0.25, 0.3) is 11.1 Å². The molecule has 0 aliphatic carbocycles. The molecule has 3 aromatic heterocycles. The Morgan fingerprint density at radius 1 is 1.30 bits per heavy atom. The number of aromatic nitrogens is 4. The molecule has 102 valence electrons. The van der Waals surface area contributed by atoms with Gasteiger partial charge < -0.3 is 15.6 Å². The lowest BCUT2D eigenvalue weighted by Crippen LogP contribution is -2.04. The van der Waals surface area contributed by atoms with E-state index in [1.54, 1.807) is 12.4 Å². The van der Waals surface area contributed by atoms with Gasteiger partial charge in [-0.15, -0.1) is 0 Å². The van der Waals surface area contributed by atoms with Gasteiger partial charge in [-0.05, 0) is 29.2 Å². The maximum atomic E-state index is 5.94. The van der Waals surface area contributed by atoms with Gasteiger partial charge in [0.05, 0.1) is 5.56 Å². The molecule has 0 fully saturated rings. The maximum absolute atomic E-state index is 5.94. The summed E-state index contributed by atoms with van der Waals surface area (Å²) >= 11 is 1.34. The molecule has 0 bridgehead atoms. The highest BCUT2D eigenvalue weighted by molar-refractivity contribution is 7.11. The zero-order chi connectivity index (χ0) is 13.8. The van der Waals surface area contributed by atoms with Crippen molar-refractivity contribution in [3.63, 3.8) is 0 Å². The van der Waals surface area contributed by atoms with Gasteiger partial charge >= 0.3 is 0 Å². The molecule has 3 N–H and O–H groups in total. The van der Waals surface area contributed by atoms with E-state index in [0.29, 0.717) is 24.7 Å². The first-order valence-corrected chi connectivity index (χ1v) is 6.77. The molecule has 0 aliphatic rings. The Labute approximate surface area is 119 Å². The second kappa shape index (κ2) is 5.66. The molecular weight excluding hydrogens is 276 g/mol. The first kappa shape index (κ1) is 12.5. The van der Waals surface area contributed by atoms with E-state index in [1.165, 1.54) is 17.9 Å². The number of pyridine rings is 1.